The number of hydrogen-bond donors (Lipinski definition) is 3. The van der Waals surface area contributed by atoms with Gasteiger partial charge in [-0.1, -0.05) is 60.7 Å². The first-order valence-corrected chi connectivity index (χ1v) is 11.7. The van der Waals surface area contributed by atoms with E-state index in [1.807, 2.05) is 62.4 Å². The third-order valence-electron chi connectivity index (χ3n) is 4.81. The molecule has 2 amide bonds. The maximum atomic E-state index is 12.4. The summed E-state index contributed by atoms with van der Waals surface area (Å²) in [6.07, 6.45) is 0. The molecular formula is C23H26IN5O3. The molecule has 3 N–H and O–H groups in total. The molecule has 1 aromatic heterocycles. The molecule has 0 unspecified atom stereocenters. The number of ether oxygens (including phenoxy) is 1. The molecule has 8 nitrogen and oxygen atoms in total. The van der Waals surface area contributed by atoms with Crippen LogP contribution in [0, 0.1) is 5.92 Å². The molecule has 168 valence electrons. The smallest absolute Gasteiger partial charge is 0.328 e. The van der Waals surface area contributed by atoms with Crippen molar-refractivity contribution in [3.05, 3.63) is 59.9 Å². The first kappa shape index (κ1) is 23.7. The van der Waals surface area contributed by atoms with Crippen LogP contribution in [0.3, 0.4) is 0 Å². The maximum Gasteiger partial charge on any atom is 0.328 e. The number of fused-ring (bicyclic) bond motifs is 1. The Kier molecular flexibility index (Phi) is 8.20. The molecule has 1 atom stereocenters. The van der Waals surface area contributed by atoms with Crippen LogP contribution in [0.4, 0.5) is 16.3 Å². The minimum atomic E-state index is -0.562. The minimum Gasteiger partial charge on any atom is -0.467 e. The van der Waals surface area contributed by atoms with E-state index in [-0.39, 0.29) is 24.5 Å². The number of nitrogens with zero attached hydrogens (tertiary/aromatic N) is 2. The summed E-state index contributed by atoms with van der Waals surface area (Å²) in [6, 6.07) is 14.3. The number of alkyl halides is 1. The fourth-order valence-electron chi connectivity index (χ4n) is 3.15. The van der Waals surface area contributed by atoms with Gasteiger partial charge in [0.25, 0.3) is 0 Å². The topological polar surface area (TPSA) is 105 Å². The molecule has 0 saturated heterocycles. The first-order chi connectivity index (χ1) is 15.4. The van der Waals surface area contributed by atoms with E-state index in [1.54, 1.807) is 0 Å². The monoisotopic (exact) mass is 547 g/mol. The molecule has 0 aliphatic heterocycles. The van der Waals surface area contributed by atoms with Crippen molar-refractivity contribution in [1.82, 2.24) is 15.3 Å². The number of nitrogens with one attached hydrogen (secondary N) is 3. The number of benzene rings is 2. The Hall–Kier alpha value is -2.95. The molecule has 0 radical (unpaired) electrons. The predicted octanol–water partition coefficient (Wildman–Crippen LogP) is 4.50. The molecule has 0 aliphatic carbocycles. The highest BCUT2D eigenvalue weighted by molar-refractivity contribution is 14.1. The molecule has 9 heteroatoms. The van der Waals surface area contributed by atoms with Gasteiger partial charge in [-0.2, -0.15) is 0 Å². The molecule has 0 aliphatic rings. The van der Waals surface area contributed by atoms with Crippen molar-refractivity contribution in [2.45, 2.75) is 30.9 Å². The fourth-order valence-corrected chi connectivity index (χ4v) is 3.63. The largest absolute Gasteiger partial charge is 0.467 e. The highest BCUT2D eigenvalue weighted by Gasteiger charge is 2.24. The van der Waals surface area contributed by atoms with Crippen LogP contribution in [-0.4, -0.2) is 35.1 Å². The summed E-state index contributed by atoms with van der Waals surface area (Å²) in [6.45, 7) is 3.98. The second kappa shape index (κ2) is 11.1. The van der Waals surface area contributed by atoms with E-state index < -0.39 is 6.04 Å². The molecule has 1 heterocycles. The number of anilines is 2. The zero-order valence-corrected chi connectivity index (χ0v) is 20.3. The summed E-state index contributed by atoms with van der Waals surface area (Å²) in [5.41, 5.74) is 2.56. The number of para-hydroxylation sites is 1. The molecular weight excluding hydrogens is 521 g/mol. The van der Waals surface area contributed by atoms with E-state index in [0.29, 0.717) is 17.2 Å². The Morgan fingerprint density at radius 2 is 1.88 bits per heavy atom. The van der Waals surface area contributed by atoms with E-state index >= 15 is 0 Å². The number of hydrogen-bond acceptors (Lipinski definition) is 6. The van der Waals surface area contributed by atoms with E-state index in [1.165, 1.54) is 7.11 Å². The van der Waals surface area contributed by atoms with Crippen LogP contribution in [0.5, 0.6) is 0 Å². The first-order valence-electron chi connectivity index (χ1n) is 10.2. The average Bonchev–Trinajstić information content (AvgIpc) is 2.80. The van der Waals surface area contributed by atoms with Crippen LogP contribution in [0.1, 0.15) is 25.2 Å². The standard InChI is InChI=1S/C23H26IN5O3/c1-14(2)20(22(30)32-3)29-21-17-9-4-5-10-18(17)27-19(28-21)13-25-23(31)26-16-8-6-7-15(11-16)12-24/h4-11,14,20H,12-13H2,1-3H3,(H2,25,26,31)(H,27,28,29)/t20-/m0/s1. The summed E-state index contributed by atoms with van der Waals surface area (Å²) < 4.78 is 5.79. The van der Waals surface area contributed by atoms with Gasteiger partial charge in [-0.05, 0) is 35.7 Å². The number of amides is 2. The number of carbonyl (C=O) groups excluding carboxylic acids is 2. The number of methoxy groups -OCH3 is 1. The van der Waals surface area contributed by atoms with E-state index in [2.05, 4.69) is 48.5 Å². The summed E-state index contributed by atoms with van der Waals surface area (Å²) in [7, 11) is 1.36. The quantitative estimate of drug-likeness (QED) is 0.218. The summed E-state index contributed by atoms with van der Waals surface area (Å²) in [5, 5.41) is 9.59. The predicted molar refractivity (Wildman–Crippen MR) is 134 cm³/mol. The zero-order chi connectivity index (χ0) is 23.1. The van der Waals surface area contributed by atoms with Crippen LogP contribution >= 0.6 is 22.6 Å². The van der Waals surface area contributed by atoms with E-state index in [9.17, 15) is 9.59 Å². The van der Waals surface area contributed by atoms with Crippen LogP contribution in [-0.2, 0) is 20.5 Å². The van der Waals surface area contributed by atoms with Gasteiger partial charge in [0, 0.05) is 15.5 Å². The Morgan fingerprint density at radius 1 is 1.09 bits per heavy atom. The van der Waals surface area contributed by atoms with Gasteiger partial charge < -0.3 is 20.7 Å². The molecule has 3 aromatic rings. The van der Waals surface area contributed by atoms with Crippen LogP contribution in [0.2, 0.25) is 0 Å². The molecule has 0 bridgehead atoms. The zero-order valence-electron chi connectivity index (χ0n) is 18.2. The Morgan fingerprint density at radius 3 is 2.59 bits per heavy atom. The van der Waals surface area contributed by atoms with E-state index in [4.69, 9.17) is 4.74 Å². The van der Waals surface area contributed by atoms with Crippen LogP contribution < -0.4 is 16.0 Å². The number of aromatic nitrogens is 2. The van der Waals surface area contributed by atoms with Crippen molar-refractivity contribution in [3.63, 3.8) is 0 Å². The van der Waals surface area contributed by atoms with Crippen LogP contribution in [0.15, 0.2) is 48.5 Å². The van der Waals surface area contributed by atoms with Crippen molar-refractivity contribution >= 4 is 57.0 Å². The Labute approximate surface area is 200 Å². The van der Waals surface area contributed by atoms with Gasteiger partial charge in [0.15, 0.2) is 5.82 Å². The van der Waals surface area contributed by atoms with E-state index in [0.717, 1.165) is 21.1 Å². The number of urea groups is 1. The van der Waals surface area contributed by atoms with Gasteiger partial charge in [0.2, 0.25) is 0 Å². The maximum absolute atomic E-state index is 12.4. The van der Waals surface area contributed by atoms with Gasteiger partial charge >= 0.3 is 12.0 Å². The highest BCUT2D eigenvalue weighted by atomic mass is 127. The number of esters is 1. The van der Waals surface area contributed by atoms with Crippen molar-refractivity contribution in [1.29, 1.82) is 0 Å². The lowest BCUT2D eigenvalue weighted by molar-refractivity contribution is -0.142. The molecule has 3 rings (SSSR count). The number of halogens is 1. The van der Waals surface area contributed by atoms with Crippen molar-refractivity contribution in [2.24, 2.45) is 5.92 Å². The lowest BCUT2D eigenvalue weighted by Gasteiger charge is -2.21. The van der Waals surface area contributed by atoms with Crippen molar-refractivity contribution < 1.29 is 14.3 Å². The van der Waals surface area contributed by atoms with Gasteiger partial charge in [0.1, 0.15) is 11.9 Å². The fraction of sp³-hybridized carbons (Fsp3) is 0.304. The molecule has 0 spiro atoms. The van der Waals surface area contributed by atoms with Crippen molar-refractivity contribution in [3.8, 4) is 0 Å². The average molecular weight is 547 g/mol. The lowest BCUT2D eigenvalue weighted by atomic mass is 10.0. The second-order valence-corrected chi connectivity index (χ2v) is 8.30. The van der Waals surface area contributed by atoms with Gasteiger partial charge in [-0.3, -0.25) is 0 Å². The summed E-state index contributed by atoms with van der Waals surface area (Å²) >= 11 is 2.28. The lowest BCUT2D eigenvalue weighted by Crippen LogP contribution is -2.36. The normalized spacial score (nSPS) is 11.8. The third kappa shape index (κ3) is 6.06. The second-order valence-electron chi connectivity index (χ2n) is 7.54. The van der Waals surface area contributed by atoms with Gasteiger partial charge in [-0.25, -0.2) is 19.6 Å². The Bertz CT molecular complexity index is 1110. The molecule has 2 aromatic carbocycles. The summed E-state index contributed by atoms with van der Waals surface area (Å²) in [4.78, 5) is 33.7. The summed E-state index contributed by atoms with van der Waals surface area (Å²) in [5.74, 6) is 0.568. The number of carbonyl (C=O) groups is 2. The van der Waals surface area contributed by atoms with Crippen molar-refractivity contribution in [2.75, 3.05) is 17.7 Å². The number of rotatable bonds is 8. The highest BCUT2D eigenvalue weighted by Crippen LogP contribution is 2.22. The minimum absolute atomic E-state index is 0.0122. The third-order valence-corrected chi connectivity index (χ3v) is 5.69. The van der Waals surface area contributed by atoms with Gasteiger partial charge in [-0.15, -0.1) is 0 Å². The SMILES string of the molecule is COC(=O)[C@@H](Nc1nc(CNC(=O)Nc2cccc(CI)c2)nc2ccccc12)C(C)C. The molecule has 0 fully saturated rings. The molecule has 0 saturated carbocycles. The van der Waals surface area contributed by atoms with Crippen LogP contribution in [0.25, 0.3) is 10.9 Å². The molecule has 32 heavy (non-hydrogen) atoms. The van der Waals surface area contributed by atoms with Gasteiger partial charge in [0.05, 0.1) is 19.2 Å². The Balaban J connectivity index is 1.78.